The number of anilines is 1. The number of benzene rings is 1. The molecule has 1 saturated heterocycles. The van der Waals surface area contributed by atoms with E-state index in [1.54, 1.807) is 18.3 Å². The van der Waals surface area contributed by atoms with E-state index in [9.17, 15) is 13.6 Å². The number of urea groups is 1. The first-order valence-electron chi connectivity index (χ1n) is 8.55. The largest absolute Gasteiger partial charge is 0.481 e. The number of rotatable bonds is 5. The fourth-order valence-corrected chi connectivity index (χ4v) is 3.05. The van der Waals surface area contributed by atoms with Gasteiger partial charge >= 0.3 is 6.03 Å². The van der Waals surface area contributed by atoms with Crippen LogP contribution in [0.1, 0.15) is 30.6 Å². The van der Waals surface area contributed by atoms with Gasteiger partial charge in [-0.05, 0) is 18.6 Å². The number of nitrogens with zero attached hydrogens (tertiary/aromatic N) is 1. The second-order valence-electron chi connectivity index (χ2n) is 6.35. The Labute approximate surface area is 155 Å². The van der Waals surface area contributed by atoms with Crippen molar-refractivity contribution in [1.29, 1.82) is 0 Å². The van der Waals surface area contributed by atoms with Crippen LogP contribution in [0.4, 0.5) is 19.3 Å². The summed E-state index contributed by atoms with van der Waals surface area (Å²) in [6.07, 6.45) is 1.88. The Morgan fingerprint density at radius 3 is 2.74 bits per heavy atom. The summed E-state index contributed by atoms with van der Waals surface area (Å²) in [6, 6.07) is 8.52. The van der Waals surface area contributed by atoms with Crippen molar-refractivity contribution in [3.63, 3.8) is 0 Å². The highest BCUT2D eigenvalue weighted by atomic mass is 19.3. The third-order valence-electron chi connectivity index (χ3n) is 4.35. The van der Waals surface area contributed by atoms with E-state index in [1.165, 1.54) is 25.3 Å². The Bertz CT molecular complexity index is 794. The standard InChI is InChI=1S/C19H21F2N3O3/c1-19(20,21)13-5-3-4-6-14(13)23-18(25)24-15-9-10-27-17(15)12-7-8-16(26-2)22-11-12/h3-8,11,15,17H,9-10H2,1-2H3,(H2,23,24,25)/t15-,17+/m1/s1. The smallest absolute Gasteiger partial charge is 0.319 e. The van der Waals surface area contributed by atoms with Crippen LogP contribution in [0.5, 0.6) is 5.88 Å². The summed E-state index contributed by atoms with van der Waals surface area (Å²) in [5.74, 6) is -2.58. The third kappa shape index (κ3) is 4.51. The summed E-state index contributed by atoms with van der Waals surface area (Å²) >= 11 is 0. The molecule has 0 radical (unpaired) electrons. The van der Waals surface area contributed by atoms with E-state index >= 15 is 0 Å². The monoisotopic (exact) mass is 377 g/mol. The summed E-state index contributed by atoms with van der Waals surface area (Å²) in [5.41, 5.74) is 0.641. The van der Waals surface area contributed by atoms with Gasteiger partial charge in [0.15, 0.2) is 0 Å². The van der Waals surface area contributed by atoms with Crippen LogP contribution in [-0.2, 0) is 10.7 Å². The fourth-order valence-electron chi connectivity index (χ4n) is 3.05. The molecule has 2 atom stereocenters. The van der Waals surface area contributed by atoms with E-state index in [0.717, 1.165) is 12.5 Å². The van der Waals surface area contributed by atoms with E-state index in [1.807, 2.05) is 6.07 Å². The van der Waals surface area contributed by atoms with E-state index in [-0.39, 0.29) is 23.4 Å². The number of methoxy groups -OCH3 is 1. The molecule has 1 aromatic heterocycles. The van der Waals surface area contributed by atoms with Crippen LogP contribution < -0.4 is 15.4 Å². The molecule has 6 nitrogen and oxygen atoms in total. The summed E-state index contributed by atoms with van der Waals surface area (Å²) in [5, 5.41) is 5.32. The molecule has 27 heavy (non-hydrogen) atoms. The SMILES string of the molecule is COc1ccc([C@@H]2OCC[C@H]2NC(=O)Nc2ccccc2C(C)(F)F)cn1. The van der Waals surface area contributed by atoms with Gasteiger partial charge in [-0.1, -0.05) is 18.2 Å². The molecule has 1 aliphatic heterocycles. The topological polar surface area (TPSA) is 72.5 Å². The highest BCUT2D eigenvalue weighted by molar-refractivity contribution is 5.90. The maximum atomic E-state index is 13.7. The summed E-state index contributed by atoms with van der Waals surface area (Å²) in [6.45, 7) is 1.27. The number of pyridine rings is 1. The Kier molecular flexibility index (Phi) is 5.55. The van der Waals surface area contributed by atoms with Gasteiger partial charge in [0.2, 0.25) is 5.88 Å². The number of carbonyl (C=O) groups is 1. The zero-order chi connectivity index (χ0) is 19.4. The first-order chi connectivity index (χ1) is 12.9. The lowest BCUT2D eigenvalue weighted by Crippen LogP contribution is -2.40. The lowest BCUT2D eigenvalue weighted by Gasteiger charge is -2.21. The van der Waals surface area contributed by atoms with Gasteiger partial charge in [0.25, 0.3) is 5.92 Å². The molecule has 2 amide bonds. The maximum absolute atomic E-state index is 13.7. The number of aromatic nitrogens is 1. The first kappa shape index (κ1) is 19.0. The second-order valence-corrected chi connectivity index (χ2v) is 6.35. The lowest BCUT2D eigenvalue weighted by atomic mass is 10.0. The number of hydrogen-bond donors (Lipinski definition) is 2. The average Bonchev–Trinajstić information content (AvgIpc) is 3.09. The van der Waals surface area contributed by atoms with Gasteiger partial charge in [0, 0.05) is 36.9 Å². The summed E-state index contributed by atoms with van der Waals surface area (Å²) < 4.78 is 38.2. The normalized spacial score (nSPS) is 19.6. The average molecular weight is 377 g/mol. The molecule has 0 saturated carbocycles. The molecule has 2 N–H and O–H groups in total. The van der Waals surface area contributed by atoms with E-state index in [2.05, 4.69) is 15.6 Å². The van der Waals surface area contributed by atoms with Crippen molar-refractivity contribution >= 4 is 11.7 Å². The third-order valence-corrected chi connectivity index (χ3v) is 4.35. The molecular weight excluding hydrogens is 356 g/mol. The number of ether oxygens (including phenoxy) is 2. The Morgan fingerprint density at radius 2 is 2.07 bits per heavy atom. The van der Waals surface area contributed by atoms with Crippen LogP contribution in [0.3, 0.4) is 0 Å². The van der Waals surface area contributed by atoms with Crippen molar-refractivity contribution in [2.45, 2.75) is 31.4 Å². The van der Waals surface area contributed by atoms with Crippen molar-refractivity contribution in [3.8, 4) is 5.88 Å². The Hall–Kier alpha value is -2.74. The molecule has 8 heteroatoms. The highest BCUT2D eigenvalue weighted by Gasteiger charge is 2.32. The Morgan fingerprint density at radius 1 is 1.30 bits per heavy atom. The highest BCUT2D eigenvalue weighted by Crippen LogP contribution is 2.33. The predicted molar refractivity (Wildman–Crippen MR) is 96.1 cm³/mol. The van der Waals surface area contributed by atoms with Gasteiger partial charge in [0.05, 0.1) is 18.8 Å². The van der Waals surface area contributed by atoms with Crippen molar-refractivity contribution in [1.82, 2.24) is 10.3 Å². The zero-order valence-corrected chi connectivity index (χ0v) is 15.0. The molecular formula is C19H21F2N3O3. The minimum Gasteiger partial charge on any atom is -0.481 e. The van der Waals surface area contributed by atoms with E-state index in [4.69, 9.17) is 9.47 Å². The predicted octanol–water partition coefficient (Wildman–Crippen LogP) is 3.85. The molecule has 0 bridgehead atoms. The molecule has 144 valence electrons. The molecule has 0 spiro atoms. The van der Waals surface area contributed by atoms with Gasteiger partial charge in [0.1, 0.15) is 6.10 Å². The number of halogens is 2. The van der Waals surface area contributed by atoms with Crippen molar-refractivity contribution in [2.24, 2.45) is 0 Å². The molecule has 1 aliphatic rings. The van der Waals surface area contributed by atoms with Gasteiger partial charge in [-0.15, -0.1) is 0 Å². The molecule has 3 rings (SSSR count). The number of carbonyl (C=O) groups excluding carboxylic acids is 1. The minimum atomic E-state index is -3.06. The number of hydrogen-bond acceptors (Lipinski definition) is 4. The van der Waals surface area contributed by atoms with Crippen LogP contribution in [0, 0.1) is 0 Å². The number of para-hydroxylation sites is 1. The number of nitrogens with one attached hydrogen (secondary N) is 2. The van der Waals surface area contributed by atoms with Crippen LogP contribution in [0.25, 0.3) is 0 Å². The van der Waals surface area contributed by atoms with Crippen LogP contribution in [0.15, 0.2) is 42.6 Å². The van der Waals surface area contributed by atoms with Gasteiger partial charge < -0.3 is 20.1 Å². The van der Waals surface area contributed by atoms with Gasteiger partial charge in [-0.2, -0.15) is 0 Å². The first-order valence-corrected chi connectivity index (χ1v) is 8.55. The lowest BCUT2D eigenvalue weighted by molar-refractivity contribution is 0.0183. The van der Waals surface area contributed by atoms with Crippen LogP contribution in [0.2, 0.25) is 0 Å². The molecule has 0 aliphatic carbocycles. The quantitative estimate of drug-likeness (QED) is 0.830. The minimum absolute atomic E-state index is 0.0732. The van der Waals surface area contributed by atoms with E-state index < -0.39 is 12.0 Å². The fraction of sp³-hybridized carbons (Fsp3) is 0.368. The molecule has 1 aromatic carbocycles. The van der Waals surface area contributed by atoms with Gasteiger partial charge in [-0.3, -0.25) is 0 Å². The van der Waals surface area contributed by atoms with E-state index in [0.29, 0.717) is 18.9 Å². The van der Waals surface area contributed by atoms with Crippen molar-refractivity contribution < 1.29 is 23.0 Å². The van der Waals surface area contributed by atoms with Crippen LogP contribution >= 0.6 is 0 Å². The zero-order valence-electron chi connectivity index (χ0n) is 15.0. The van der Waals surface area contributed by atoms with Crippen LogP contribution in [-0.4, -0.2) is 30.8 Å². The number of amides is 2. The molecule has 2 heterocycles. The molecule has 2 aromatic rings. The second kappa shape index (κ2) is 7.87. The summed E-state index contributed by atoms with van der Waals surface area (Å²) in [4.78, 5) is 16.5. The van der Waals surface area contributed by atoms with Crippen molar-refractivity contribution in [3.05, 3.63) is 53.7 Å². The molecule has 1 fully saturated rings. The van der Waals surface area contributed by atoms with Crippen molar-refractivity contribution in [2.75, 3.05) is 19.0 Å². The Balaban J connectivity index is 1.68. The number of alkyl halides is 2. The van der Waals surface area contributed by atoms with Gasteiger partial charge in [-0.25, -0.2) is 18.6 Å². The maximum Gasteiger partial charge on any atom is 0.319 e. The summed E-state index contributed by atoms with van der Waals surface area (Å²) in [7, 11) is 1.53. The molecule has 0 unspecified atom stereocenters.